The zero-order chi connectivity index (χ0) is 19.0. The number of nitrogens with zero attached hydrogens (tertiary/aromatic N) is 2. The summed E-state index contributed by atoms with van der Waals surface area (Å²) in [4.78, 5) is 42.5. The van der Waals surface area contributed by atoms with Gasteiger partial charge in [-0.1, -0.05) is 35.9 Å². The molecule has 3 aromatic rings. The Bertz CT molecular complexity index is 1090. The Kier molecular flexibility index (Phi) is 4.16. The Hall–Kier alpha value is -3.54. The monoisotopic (exact) mass is 359 g/mol. The summed E-state index contributed by atoms with van der Waals surface area (Å²) in [5.41, 5.74) is 2.32. The molecule has 134 valence electrons. The van der Waals surface area contributed by atoms with Crippen LogP contribution in [0.2, 0.25) is 0 Å². The molecule has 0 aliphatic carbocycles. The molecule has 0 spiro atoms. The number of aryl methyl sites for hydroxylation is 1. The van der Waals surface area contributed by atoms with Crippen molar-refractivity contribution in [2.75, 3.05) is 11.9 Å². The number of hydrogen-bond acceptors (Lipinski definition) is 4. The van der Waals surface area contributed by atoms with Crippen molar-refractivity contribution in [1.29, 1.82) is 0 Å². The summed E-state index contributed by atoms with van der Waals surface area (Å²) in [5, 5.41) is 4.63. The van der Waals surface area contributed by atoms with Crippen LogP contribution in [0.5, 0.6) is 0 Å². The minimum absolute atomic E-state index is 0.0215. The Morgan fingerprint density at radius 3 is 2.67 bits per heavy atom. The third kappa shape index (κ3) is 3.06. The van der Waals surface area contributed by atoms with Gasteiger partial charge in [-0.3, -0.25) is 24.3 Å². The van der Waals surface area contributed by atoms with Crippen LogP contribution < -0.4 is 5.32 Å². The van der Waals surface area contributed by atoms with Crippen molar-refractivity contribution in [1.82, 2.24) is 9.88 Å². The molecular formula is C21H17N3O3. The van der Waals surface area contributed by atoms with E-state index >= 15 is 0 Å². The standard InChI is InChI=1S/C21H17N3O3/c1-13-6-7-16-17(10-13)21(27)24(20(16)26)9-8-19(25)23-18-12-22-11-14-4-2-3-5-15(14)18/h2-7,10-12H,8-9H2,1H3,(H,23,25). The third-order valence-electron chi connectivity index (χ3n) is 4.63. The van der Waals surface area contributed by atoms with Gasteiger partial charge in [-0.15, -0.1) is 0 Å². The number of carbonyl (C=O) groups excluding carboxylic acids is 3. The number of amides is 3. The van der Waals surface area contributed by atoms with Gasteiger partial charge < -0.3 is 5.32 Å². The molecular weight excluding hydrogens is 342 g/mol. The lowest BCUT2D eigenvalue weighted by Crippen LogP contribution is -2.32. The number of pyridine rings is 1. The molecule has 0 bridgehead atoms. The van der Waals surface area contributed by atoms with Crippen molar-refractivity contribution in [3.05, 3.63) is 71.5 Å². The molecule has 0 saturated carbocycles. The maximum absolute atomic E-state index is 12.5. The molecule has 27 heavy (non-hydrogen) atoms. The van der Waals surface area contributed by atoms with Crippen LogP contribution in [0.3, 0.4) is 0 Å². The average Bonchev–Trinajstić information content (AvgIpc) is 2.90. The zero-order valence-corrected chi connectivity index (χ0v) is 14.7. The fraction of sp³-hybridized carbons (Fsp3) is 0.143. The molecule has 1 aliphatic heterocycles. The first-order chi connectivity index (χ1) is 13.0. The van der Waals surface area contributed by atoms with Crippen molar-refractivity contribution < 1.29 is 14.4 Å². The molecule has 0 saturated heterocycles. The molecule has 4 rings (SSSR count). The minimum atomic E-state index is -0.352. The van der Waals surface area contributed by atoms with Crippen molar-refractivity contribution in [2.24, 2.45) is 0 Å². The normalized spacial score (nSPS) is 13.1. The van der Waals surface area contributed by atoms with Gasteiger partial charge in [-0.05, 0) is 19.1 Å². The lowest BCUT2D eigenvalue weighted by atomic mass is 10.1. The minimum Gasteiger partial charge on any atom is -0.324 e. The zero-order valence-electron chi connectivity index (χ0n) is 14.7. The molecule has 1 aliphatic rings. The second kappa shape index (κ2) is 6.64. The summed E-state index contributed by atoms with van der Waals surface area (Å²) in [7, 11) is 0. The van der Waals surface area contributed by atoms with E-state index in [4.69, 9.17) is 0 Å². The van der Waals surface area contributed by atoms with Gasteiger partial charge in [0.1, 0.15) is 0 Å². The highest BCUT2D eigenvalue weighted by Crippen LogP contribution is 2.25. The summed E-state index contributed by atoms with van der Waals surface area (Å²) < 4.78 is 0. The Labute approximate surface area is 155 Å². The molecule has 6 heteroatoms. The third-order valence-corrected chi connectivity index (χ3v) is 4.63. The van der Waals surface area contributed by atoms with Gasteiger partial charge in [-0.25, -0.2) is 0 Å². The topological polar surface area (TPSA) is 79.4 Å². The molecule has 0 radical (unpaired) electrons. The largest absolute Gasteiger partial charge is 0.324 e. The first-order valence-electron chi connectivity index (χ1n) is 8.64. The first-order valence-corrected chi connectivity index (χ1v) is 8.64. The van der Waals surface area contributed by atoms with Crippen LogP contribution in [0.4, 0.5) is 5.69 Å². The van der Waals surface area contributed by atoms with Gasteiger partial charge in [0, 0.05) is 29.9 Å². The Morgan fingerprint density at radius 1 is 1.04 bits per heavy atom. The predicted molar refractivity (Wildman–Crippen MR) is 102 cm³/mol. The first kappa shape index (κ1) is 16.9. The lowest BCUT2D eigenvalue weighted by molar-refractivity contribution is -0.116. The molecule has 3 amide bonds. The van der Waals surface area contributed by atoms with E-state index in [0.717, 1.165) is 21.2 Å². The second-order valence-electron chi connectivity index (χ2n) is 6.52. The number of anilines is 1. The maximum atomic E-state index is 12.5. The van der Waals surface area contributed by atoms with Gasteiger partial charge >= 0.3 is 0 Å². The van der Waals surface area contributed by atoms with Crippen molar-refractivity contribution >= 4 is 34.2 Å². The fourth-order valence-electron chi connectivity index (χ4n) is 3.25. The highest BCUT2D eigenvalue weighted by molar-refractivity contribution is 6.21. The number of aromatic nitrogens is 1. The molecule has 0 atom stereocenters. The number of imide groups is 1. The summed E-state index contributed by atoms with van der Waals surface area (Å²) >= 11 is 0. The Morgan fingerprint density at radius 2 is 1.81 bits per heavy atom. The quantitative estimate of drug-likeness (QED) is 0.726. The van der Waals surface area contributed by atoms with E-state index in [-0.39, 0.29) is 30.7 Å². The van der Waals surface area contributed by atoms with Crippen LogP contribution in [0.1, 0.15) is 32.7 Å². The van der Waals surface area contributed by atoms with E-state index in [0.29, 0.717) is 16.8 Å². The second-order valence-corrected chi connectivity index (χ2v) is 6.52. The van der Waals surface area contributed by atoms with Crippen molar-refractivity contribution in [3.8, 4) is 0 Å². The smallest absolute Gasteiger partial charge is 0.261 e. The molecule has 1 aromatic heterocycles. The van der Waals surface area contributed by atoms with Crippen LogP contribution in [0, 0.1) is 6.92 Å². The van der Waals surface area contributed by atoms with E-state index in [1.54, 1.807) is 30.6 Å². The van der Waals surface area contributed by atoms with Crippen molar-refractivity contribution in [3.63, 3.8) is 0 Å². The van der Waals surface area contributed by atoms with E-state index in [9.17, 15) is 14.4 Å². The molecule has 2 aromatic carbocycles. The van der Waals surface area contributed by atoms with Gasteiger partial charge in [0.15, 0.2) is 0 Å². The SMILES string of the molecule is Cc1ccc2c(c1)C(=O)N(CCC(=O)Nc1cncc3ccccc13)C2=O. The maximum Gasteiger partial charge on any atom is 0.261 e. The van der Waals surface area contributed by atoms with Gasteiger partial charge in [0.2, 0.25) is 5.91 Å². The van der Waals surface area contributed by atoms with E-state index in [1.165, 1.54) is 0 Å². The van der Waals surface area contributed by atoms with Crippen LogP contribution in [-0.4, -0.2) is 34.2 Å². The number of nitrogens with one attached hydrogen (secondary N) is 1. The molecule has 6 nitrogen and oxygen atoms in total. The number of benzene rings is 2. The summed E-state index contributed by atoms with van der Waals surface area (Å²) in [6.45, 7) is 1.90. The lowest BCUT2D eigenvalue weighted by Gasteiger charge is -2.14. The predicted octanol–water partition coefficient (Wildman–Crippen LogP) is 3.17. The molecule has 0 unspecified atom stereocenters. The summed E-state index contributed by atoms with van der Waals surface area (Å²) in [6.07, 6.45) is 3.34. The van der Waals surface area contributed by atoms with Gasteiger partial charge in [0.05, 0.1) is 23.0 Å². The van der Waals surface area contributed by atoms with Gasteiger partial charge in [-0.2, -0.15) is 0 Å². The van der Waals surface area contributed by atoms with E-state index in [2.05, 4.69) is 10.3 Å². The molecule has 1 N–H and O–H groups in total. The fourth-order valence-corrected chi connectivity index (χ4v) is 3.25. The van der Waals surface area contributed by atoms with Crippen LogP contribution in [0.25, 0.3) is 10.8 Å². The number of hydrogen-bond donors (Lipinski definition) is 1. The van der Waals surface area contributed by atoms with Gasteiger partial charge in [0.25, 0.3) is 11.8 Å². The molecule has 2 heterocycles. The van der Waals surface area contributed by atoms with Crippen LogP contribution in [0.15, 0.2) is 54.9 Å². The number of carbonyl (C=O) groups is 3. The highest BCUT2D eigenvalue weighted by Gasteiger charge is 2.35. The summed E-state index contributed by atoms with van der Waals surface area (Å²) in [6, 6.07) is 12.8. The highest BCUT2D eigenvalue weighted by atomic mass is 16.2. The van der Waals surface area contributed by atoms with E-state index in [1.807, 2.05) is 31.2 Å². The van der Waals surface area contributed by atoms with Crippen LogP contribution >= 0.6 is 0 Å². The number of rotatable bonds is 4. The van der Waals surface area contributed by atoms with E-state index < -0.39 is 0 Å². The summed E-state index contributed by atoms with van der Waals surface area (Å²) in [5.74, 6) is -0.978. The van der Waals surface area contributed by atoms with Crippen LogP contribution in [-0.2, 0) is 4.79 Å². The van der Waals surface area contributed by atoms with Crippen molar-refractivity contribution in [2.45, 2.75) is 13.3 Å². The Balaban J connectivity index is 1.46. The number of fused-ring (bicyclic) bond motifs is 2. The molecule has 0 fully saturated rings. The average molecular weight is 359 g/mol.